The summed E-state index contributed by atoms with van der Waals surface area (Å²) < 4.78 is 1.33. The molecule has 1 heterocycles. The molecule has 0 amide bonds. The molecular weight excluding hydrogens is 239 g/mol. The molecule has 1 aliphatic heterocycles. The third kappa shape index (κ3) is 2.01. The lowest BCUT2D eigenvalue weighted by Crippen LogP contribution is -1.96. The average molecular weight is 246 g/mol. The van der Waals surface area contributed by atoms with Crippen LogP contribution in [0, 0.1) is 0 Å². The van der Waals surface area contributed by atoms with Crippen LogP contribution in [0.3, 0.4) is 0 Å². The third-order valence-corrected chi connectivity index (χ3v) is 5.50. The van der Waals surface area contributed by atoms with Crippen LogP contribution in [-0.4, -0.2) is 15.4 Å². The summed E-state index contributed by atoms with van der Waals surface area (Å²) in [6.07, 6.45) is 1.43. The van der Waals surface area contributed by atoms with E-state index >= 15 is 0 Å². The van der Waals surface area contributed by atoms with E-state index in [1.54, 1.807) is 0 Å². The van der Waals surface area contributed by atoms with Crippen molar-refractivity contribution in [1.82, 2.24) is 0 Å². The van der Waals surface area contributed by atoms with Gasteiger partial charge in [0.25, 0.3) is 0 Å². The fourth-order valence-corrected chi connectivity index (χ4v) is 4.92. The Kier molecular flexibility index (Phi) is 3.23. The van der Waals surface area contributed by atoms with E-state index in [-0.39, 0.29) is 0 Å². The van der Waals surface area contributed by atoms with Crippen molar-refractivity contribution in [3.63, 3.8) is 0 Å². The van der Waals surface area contributed by atoms with Gasteiger partial charge in [0.2, 0.25) is 0 Å². The fraction of sp³-hybridized carbons (Fsp3) is 1.00. The molecule has 1 saturated heterocycles. The van der Waals surface area contributed by atoms with Gasteiger partial charge in [-0.1, -0.05) is 44.2 Å². The lowest BCUT2D eigenvalue weighted by Gasteiger charge is -1.96. The van der Waals surface area contributed by atoms with Crippen molar-refractivity contribution in [3.05, 3.63) is 0 Å². The summed E-state index contributed by atoms with van der Waals surface area (Å²) in [5, 5.41) is 0.964. The predicted molar refractivity (Wildman–Crippen MR) is 47.3 cm³/mol. The minimum Gasteiger partial charge on any atom is -0.0938 e. The highest BCUT2D eigenvalue weighted by Crippen LogP contribution is 2.38. The van der Waals surface area contributed by atoms with Gasteiger partial charge in [0.15, 0.2) is 0 Å². The first-order valence-electron chi connectivity index (χ1n) is 2.27. The Hall–Kier alpha value is 1.43. The normalized spacial score (nSPS) is 31.3. The molecule has 0 spiro atoms. The summed E-state index contributed by atoms with van der Waals surface area (Å²) in [4.78, 5) is 0. The number of rotatable bonds is 1. The van der Waals surface area contributed by atoms with Crippen LogP contribution in [0.25, 0.3) is 0 Å². The lowest BCUT2D eigenvalue weighted by atomic mass is 10.4. The maximum absolute atomic E-state index is 2.46. The van der Waals surface area contributed by atoms with Gasteiger partial charge in [0.05, 0.1) is 0 Å². The topological polar surface area (TPSA) is 0 Å². The Morgan fingerprint density at radius 1 is 1.71 bits per heavy atom. The van der Waals surface area contributed by atoms with Gasteiger partial charge in [-0.15, -0.1) is 0 Å². The van der Waals surface area contributed by atoms with E-state index in [9.17, 15) is 0 Å². The Balaban J connectivity index is 2.14. The zero-order valence-corrected chi connectivity index (χ0v) is 7.68. The Bertz CT molecular complexity index is 51.7. The molecule has 0 aromatic heterocycles. The molecule has 42 valence electrons. The van der Waals surface area contributed by atoms with E-state index in [4.69, 9.17) is 0 Å². The van der Waals surface area contributed by atoms with Crippen molar-refractivity contribution < 1.29 is 0 Å². The molecule has 0 N–H and O–H groups in total. The first kappa shape index (κ1) is 6.55. The maximum Gasteiger partial charge on any atom is 0.0249 e. The van der Waals surface area contributed by atoms with Gasteiger partial charge in [-0.3, -0.25) is 0 Å². The molecule has 7 heavy (non-hydrogen) atoms. The van der Waals surface area contributed by atoms with Crippen LogP contribution in [0.15, 0.2) is 0 Å². The molecule has 1 fully saturated rings. The molecule has 0 aliphatic carbocycles. The summed E-state index contributed by atoms with van der Waals surface area (Å²) in [6, 6.07) is 0. The highest BCUT2D eigenvalue weighted by molar-refractivity contribution is 14.1. The number of halogens is 1. The summed E-state index contributed by atoms with van der Waals surface area (Å²) >= 11 is 2.46. The van der Waals surface area contributed by atoms with Gasteiger partial charge in [-0.25, -0.2) is 0 Å². The quantitative estimate of drug-likeness (QED) is 0.396. The number of alkyl halides is 1. The predicted octanol–water partition coefficient (Wildman–Crippen LogP) is 2.58. The van der Waals surface area contributed by atoms with Crippen LogP contribution in [0.4, 0.5) is 0 Å². The van der Waals surface area contributed by atoms with Gasteiger partial charge in [0.1, 0.15) is 0 Å². The molecule has 0 saturated carbocycles. The molecule has 1 atom stereocenters. The second-order valence-corrected chi connectivity index (χ2v) is 5.15. The lowest BCUT2D eigenvalue weighted by molar-refractivity contribution is 0.958. The molecule has 0 bridgehead atoms. The van der Waals surface area contributed by atoms with Crippen LogP contribution in [-0.2, 0) is 0 Å². The van der Waals surface area contributed by atoms with E-state index in [2.05, 4.69) is 33.4 Å². The van der Waals surface area contributed by atoms with Crippen molar-refractivity contribution in [2.45, 2.75) is 11.7 Å². The van der Waals surface area contributed by atoms with Crippen LogP contribution < -0.4 is 0 Å². The Labute approximate surface area is 65.7 Å². The summed E-state index contributed by atoms with van der Waals surface area (Å²) in [7, 11) is 4.07. The highest BCUT2D eigenvalue weighted by atomic mass is 127. The zero-order chi connectivity index (χ0) is 5.11. The van der Waals surface area contributed by atoms with Gasteiger partial charge in [0, 0.05) is 15.4 Å². The van der Waals surface area contributed by atoms with Crippen LogP contribution >= 0.6 is 44.2 Å². The second kappa shape index (κ2) is 3.45. The van der Waals surface area contributed by atoms with Crippen molar-refractivity contribution in [2.75, 3.05) is 10.2 Å². The summed E-state index contributed by atoms with van der Waals surface area (Å²) in [5.74, 6) is 1.37. The molecule has 0 aromatic carbocycles. The van der Waals surface area contributed by atoms with Gasteiger partial charge in [-0.2, -0.15) is 0 Å². The van der Waals surface area contributed by atoms with E-state index in [1.165, 1.54) is 16.6 Å². The number of hydrogen-bond donors (Lipinski definition) is 0. The zero-order valence-electron chi connectivity index (χ0n) is 3.89. The van der Waals surface area contributed by atoms with Gasteiger partial charge >= 0.3 is 0 Å². The first-order valence-corrected chi connectivity index (χ1v) is 6.18. The standard InChI is InChI=1S/C4H7IS2/c5-3-4-1-2-6-7-4/h4H,1-3H2. The smallest absolute Gasteiger partial charge is 0.0249 e. The summed E-state index contributed by atoms with van der Waals surface area (Å²) in [5.41, 5.74) is 0. The van der Waals surface area contributed by atoms with Crippen LogP contribution in [0.2, 0.25) is 0 Å². The third-order valence-electron chi connectivity index (χ3n) is 0.899. The molecular formula is C4H7IS2. The maximum atomic E-state index is 2.46. The Morgan fingerprint density at radius 2 is 2.57 bits per heavy atom. The minimum absolute atomic E-state index is 0.964. The van der Waals surface area contributed by atoms with Gasteiger partial charge < -0.3 is 0 Å². The van der Waals surface area contributed by atoms with Crippen molar-refractivity contribution in [1.29, 1.82) is 0 Å². The number of hydrogen-bond acceptors (Lipinski definition) is 2. The van der Waals surface area contributed by atoms with Crippen LogP contribution in [0.1, 0.15) is 6.42 Å². The molecule has 3 heteroatoms. The van der Waals surface area contributed by atoms with E-state index in [1.807, 2.05) is 10.8 Å². The molecule has 0 radical (unpaired) electrons. The largest absolute Gasteiger partial charge is 0.0938 e. The van der Waals surface area contributed by atoms with Crippen LogP contribution in [0.5, 0.6) is 0 Å². The highest BCUT2D eigenvalue weighted by Gasteiger charge is 2.13. The Morgan fingerprint density at radius 3 is 2.86 bits per heavy atom. The van der Waals surface area contributed by atoms with Crippen molar-refractivity contribution >= 4 is 44.2 Å². The molecule has 1 aliphatic rings. The summed E-state index contributed by atoms with van der Waals surface area (Å²) in [6.45, 7) is 0. The fourth-order valence-electron chi connectivity index (χ4n) is 0.475. The molecule has 0 aromatic rings. The van der Waals surface area contributed by atoms with E-state index in [0.29, 0.717) is 0 Å². The second-order valence-electron chi connectivity index (χ2n) is 1.48. The van der Waals surface area contributed by atoms with Gasteiger partial charge in [-0.05, 0) is 6.42 Å². The SMILES string of the molecule is ICC1CCSS1. The van der Waals surface area contributed by atoms with E-state index < -0.39 is 0 Å². The molecule has 1 unspecified atom stereocenters. The monoisotopic (exact) mass is 246 g/mol. The van der Waals surface area contributed by atoms with Crippen molar-refractivity contribution in [2.24, 2.45) is 0 Å². The van der Waals surface area contributed by atoms with Crippen molar-refractivity contribution in [3.8, 4) is 0 Å². The molecule has 1 rings (SSSR count). The average Bonchev–Trinajstić information content (AvgIpc) is 2.14. The van der Waals surface area contributed by atoms with E-state index in [0.717, 1.165) is 5.25 Å². The first-order chi connectivity index (χ1) is 3.43. The minimum atomic E-state index is 0.964. The molecule has 0 nitrogen and oxygen atoms in total.